The van der Waals surface area contributed by atoms with Crippen molar-refractivity contribution in [1.82, 2.24) is 4.98 Å². The van der Waals surface area contributed by atoms with Gasteiger partial charge in [-0.25, -0.2) is 0 Å². The maximum Gasteiger partial charge on any atom is 0.310 e. The van der Waals surface area contributed by atoms with Crippen LogP contribution in [0.2, 0.25) is 5.02 Å². The van der Waals surface area contributed by atoms with Crippen molar-refractivity contribution in [2.45, 2.75) is 32.2 Å². The van der Waals surface area contributed by atoms with Gasteiger partial charge in [-0.15, -0.1) is 0 Å². The molecule has 4 aromatic carbocycles. The molecule has 9 heteroatoms. The highest BCUT2D eigenvalue weighted by Gasteiger charge is 2.36. The maximum atomic E-state index is 13.6. The van der Waals surface area contributed by atoms with Gasteiger partial charge in [0.05, 0.1) is 25.7 Å². The number of ether oxygens (including phenoxy) is 2. The maximum absolute atomic E-state index is 13.6. The second-order valence-electron chi connectivity index (χ2n) is 10.7. The van der Waals surface area contributed by atoms with Crippen LogP contribution in [-0.4, -0.2) is 40.7 Å². The number of aromatic amines is 1. The van der Waals surface area contributed by atoms with Crippen LogP contribution in [0.25, 0.3) is 10.9 Å². The highest BCUT2D eigenvalue weighted by Crippen LogP contribution is 2.42. The van der Waals surface area contributed by atoms with Gasteiger partial charge in [0, 0.05) is 50.4 Å². The van der Waals surface area contributed by atoms with Gasteiger partial charge < -0.3 is 29.6 Å². The quantitative estimate of drug-likeness (QED) is 0.135. The minimum absolute atomic E-state index is 0.0237. The predicted octanol–water partition coefficient (Wildman–Crippen LogP) is 6.20. The van der Waals surface area contributed by atoms with E-state index in [1.165, 1.54) is 7.11 Å². The lowest BCUT2D eigenvalue weighted by atomic mass is 9.95. The smallest absolute Gasteiger partial charge is 0.310 e. The second-order valence-corrected chi connectivity index (χ2v) is 11.2. The van der Waals surface area contributed by atoms with E-state index in [9.17, 15) is 19.8 Å². The van der Waals surface area contributed by atoms with Gasteiger partial charge in [-0.05, 0) is 66.6 Å². The van der Waals surface area contributed by atoms with Crippen molar-refractivity contribution >= 4 is 39.9 Å². The zero-order valence-corrected chi connectivity index (χ0v) is 25.0. The summed E-state index contributed by atoms with van der Waals surface area (Å²) in [7, 11) is 1.51. The number of halogens is 1. The van der Waals surface area contributed by atoms with E-state index < -0.39 is 18.4 Å². The topological polar surface area (TPSA) is 112 Å². The van der Waals surface area contributed by atoms with E-state index in [4.69, 9.17) is 21.1 Å². The summed E-state index contributed by atoms with van der Waals surface area (Å²) in [5.41, 5.74) is 5.96. The highest BCUT2D eigenvalue weighted by molar-refractivity contribution is 6.30. The van der Waals surface area contributed by atoms with Crippen molar-refractivity contribution in [3.05, 3.63) is 129 Å². The molecule has 8 nitrogen and oxygen atoms in total. The molecule has 0 saturated heterocycles. The van der Waals surface area contributed by atoms with E-state index in [2.05, 4.69) is 4.98 Å². The first-order valence-corrected chi connectivity index (χ1v) is 14.6. The Morgan fingerprint density at radius 1 is 0.909 bits per heavy atom. The van der Waals surface area contributed by atoms with Crippen molar-refractivity contribution < 1.29 is 29.3 Å². The van der Waals surface area contributed by atoms with E-state index in [1.54, 1.807) is 47.4 Å². The van der Waals surface area contributed by atoms with Crippen molar-refractivity contribution in [3.8, 4) is 5.75 Å². The number of H-pyrrole nitrogens is 1. The van der Waals surface area contributed by atoms with Gasteiger partial charge in [-0.1, -0.05) is 48.0 Å². The third-order valence-corrected chi connectivity index (χ3v) is 8.34. The molecule has 1 aromatic heterocycles. The van der Waals surface area contributed by atoms with Crippen LogP contribution in [0.1, 0.15) is 56.3 Å². The molecule has 0 radical (unpaired) electrons. The number of aryl methyl sites for hydroxylation is 1. The Kier molecular flexibility index (Phi) is 8.14. The summed E-state index contributed by atoms with van der Waals surface area (Å²) >= 11 is 6.03. The second kappa shape index (κ2) is 12.2. The summed E-state index contributed by atoms with van der Waals surface area (Å²) in [6.07, 6.45) is -1.42. The van der Waals surface area contributed by atoms with E-state index in [0.717, 1.165) is 16.8 Å². The molecule has 2 atom stereocenters. The number of aliphatic hydroxyl groups excluding tert-OH is 2. The van der Waals surface area contributed by atoms with Crippen LogP contribution in [0.15, 0.2) is 84.9 Å². The zero-order chi connectivity index (χ0) is 31.0. The van der Waals surface area contributed by atoms with Crippen LogP contribution >= 0.6 is 11.6 Å². The van der Waals surface area contributed by atoms with Gasteiger partial charge in [0.2, 0.25) is 0 Å². The van der Waals surface area contributed by atoms with Gasteiger partial charge in [0.1, 0.15) is 5.75 Å². The fraction of sp³-hybridized carbons (Fsp3) is 0.200. The number of anilines is 1. The van der Waals surface area contributed by atoms with Crippen molar-refractivity contribution in [2.24, 2.45) is 0 Å². The predicted molar refractivity (Wildman–Crippen MR) is 168 cm³/mol. The van der Waals surface area contributed by atoms with Crippen LogP contribution in [0.3, 0.4) is 0 Å². The number of ketones is 1. The van der Waals surface area contributed by atoms with Gasteiger partial charge in [0.25, 0.3) is 0 Å². The molecule has 3 N–H and O–H groups in total. The number of aromatic nitrogens is 1. The average molecular weight is 611 g/mol. The molecule has 6 rings (SSSR count). The molecule has 1 aliphatic rings. The normalized spacial score (nSPS) is 15.8. The largest absolute Gasteiger partial charge is 0.496 e. The molecule has 1 aliphatic heterocycles. The summed E-state index contributed by atoms with van der Waals surface area (Å²) in [5.74, 6) is -0.245. The molecule has 0 bridgehead atoms. The first kappa shape index (κ1) is 29.4. The van der Waals surface area contributed by atoms with Gasteiger partial charge in [0.15, 0.2) is 18.2 Å². The van der Waals surface area contributed by atoms with Crippen LogP contribution in [0, 0.1) is 6.92 Å². The van der Waals surface area contributed by atoms with Crippen LogP contribution in [0.5, 0.6) is 5.75 Å². The third-order valence-electron chi connectivity index (χ3n) is 8.09. The van der Waals surface area contributed by atoms with Crippen LogP contribution in [0.4, 0.5) is 5.69 Å². The number of hydrogen-bond acceptors (Lipinski definition) is 7. The lowest BCUT2D eigenvalue weighted by Crippen LogP contribution is -2.25. The monoisotopic (exact) mass is 610 g/mol. The van der Waals surface area contributed by atoms with Gasteiger partial charge in [-0.3, -0.25) is 9.59 Å². The molecule has 44 heavy (non-hydrogen) atoms. The molecule has 0 spiro atoms. The number of methoxy groups -OCH3 is 1. The molecular weight excluding hydrogens is 580 g/mol. The number of aliphatic hydroxyl groups is 2. The summed E-state index contributed by atoms with van der Waals surface area (Å²) in [4.78, 5) is 31.5. The summed E-state index contributed by atoms with van der Waals surface area (Å²) in [6.45, 7) is 2.03. The molecule has 2 unspecified atom stereocenters. The Morgan fingerprint density at radius 3 is 2.20 bits per heavy atom. The number of carbonyl (C=O) groups is 2. The Hall–Kier alpha value is -4.63. The lowest BCUT2D eigenvalue weighted by Gasteiger charge is -2.26. The van der Waals surface area contributed by atoms with Crippen molar-refractivity contribution in [2.75, 3.05) is 18.6 Å². The molecule has 0 amide bonds. The number of nitrogens with zero attached hydrogens (tertiary/aromatic N) is 1. The zero-order valence-electron chi connectivity index (χ0n) is 24.2. The molecule has 0 saturated carbocycles. The van der Waals surface area contributed by atoms with Gasteiger partial charge >= 0.3 is 5.97 Å². The first-order chi connectivity index (χ1) is 21.3. The highest BCUT2D eigenvalue weighted by atomic mass is 35.5. The number of nitrogens with one attached hydrogen (secondary N) is 1. The molecule has 0 aliphatic carbocycles. The van der Waals surface area contributed by atoms with E-state index >= 15 is 0 Å². The standard InChI is InChI=1S/C35H31ClN2O6/c1-20-27(31-28(37-20)15-16-29(43-2)32(31)33(40)22-9-11-23(36)12-10-22)19-30(39)44-18-17-21-7-13-24(14-8-21)38-34(41)25-5-3-4-6-26(25)35(38)42/h3-16,34-35,37,41-42H,17-19H2,1-2H3. The van der Waals surface area contributed by atoms with Crippen molar-refractivity contribution in [3.63, 3.8) is 0 Å². The van der Waals surface area contributed by atoms with Crippen molar-refractivity contribution in [1.29, 1.82) is 0 Å². The molecule has 5 aromatic rings. The summed E-state index contributed by atoms with van der Waals surface area (Å²) < 4.78 is 11.2. The number of rotatable bonds is 9. The Balaban J connectivity index is 1.14. The van der Waals surface area contributed by atoms with Crippen LogP contribution in [-0.2, 0) is 22.4 Å². The summed E-state index contributed by atoms with van der Waals surface area (Å²) in [6, 6.07) is 24.9. The Morgan fingerprint density at radius 2 is 1.57 bits per heavy atom. The van der Waals surface area contributed by atoms with Gasteiger partial charge in [-0.2, -0.15) is 0 Å². The minimum atomic E-state index is -0.942. The minimum Gasteiger partial charge on any atom is -0.496 e. The SMILES string of the molecule is COc1ccc2[nH]c(C)c(CC(=O)OCCc3ccc(N4C(O)c5ccccc5C4O)cc3)c2c1C(=O)c1ccc(Cl)cc1. The number of fused-ring (bicyclic) bond motifs is 2. The first-order valence-electron chi connectivity index (χ1n) is 14.2. The fourth-order valence-electron chi connectivity index (χ4n) is 5.84. The fourth-order valence-corrected chi connectivity index (χ4v) is 5.96. The molecule has 0 fully saturated rings. The number of hydrogen-bond donors (Lipinski definition) is 3. The van der Waals surface area contributed by atoms with E-state index in [0.29, 0.717) is 56.1 Å². The number of esters is 1. The lowest BCUT2D eigenvalue weighted by molar-refractivity contribution is -0.142. The third kappa shape index (κ3) is 5.43. The Labute approximate surface area is 259 Å². The van der Waals surface area contributed by atoms with E-state index in [-0.39, 0.29) is 18.8 Å². The summed E-state index contributed by atoms with van der Waals surface area (Å²) in [5, 5.41) is 22.7. The molecule has 2 heterocycles. The molecular formula is C35H31ClN2O6. The molecule has 224 valence electrons. The average Bonchev–Trinajstić information content (AvgIpc) is 3.48. The van der Waals surface area contributed by atoms with E-state index in [1.807, 2.05) is 49.4 Å². The number of benzene rings is 4. The Bertz CT molecular complexity index is 1820. The van der Waals surface area contributed by atoms with Crippen LogP contribution < -0.4 is 9.64 Å². The number of carbonyl (C=O) groups excluding carboxylic acids is 2.